The lowest BCUT2D eigenvalue weighted by Crippen LogP contribution is -2.18. The van der Waals surface area contributed by atoms with Crippen LogP contribution >= 0.6 is 0 Å². The Morgan fingerprint density at radius 1 is 1.12 bits per heavy atom. The van der Waals surface area contributed by atoms with Crippen LogP contribution in [-0.4, -0.2) is 45.0 Å². The van der Waals surface area contributed by atoms with Crippen LogP contribution in [0.4, 0.5) is 5.69 Å². The predicted molar refractivity (Wildman–Crippen MR) is 104 cm³/mol. The standard InChI is InChI=1S/C19H19N5OS/c1-23(2)14-8-6-9-15-18(14)19(20-11-17-22-21-12-24(15)17)13-7-4-5-10-16(13)26(3)25/h4-10,12H,11H2,1-3H3. The number of nitrogens with zero attached hydrogens (tertiary/aromatic N) is 5. The lowest BCUT2D eigenvalue weighted by molar-refractivity contribution is 0.686. The maximum absolute atomic E-state index is 12.3. The summed E-state index contributed by atoms with van der Waals surface area (Å²) in [5.41, 5.74) is 4.74. The molecule has 0 radical (unpaired) electrons. The fourth-order valence-electron chi connectivity index (χ4n) is 3.27. The Hall–Kier alpha value is -2.80. The van der Waals surface area contributed by atoms with Gasteiger partial charge in [-0.2, -0.15) is 0 Å². The minimum absolute atomic E-state index is 0.418. The number of hydrogen-bond acceptors (Lipinski definition) is 5. The van der Waals surface area contributed by atoms with Gasteiger partial charge in [-0.1, -0.05) is 24.3 Å². The van der Waals surface area contributed by atoms with E-state index in [2.05, 4.69) is 21.2 Å². The van der Waals surface area contributed by atoms with Gasteiger partial charge in [-0.05, 0) is 18.2 Å². The topological polar surface area (TPSA) is 63.4 Å². The van der Waals surface area contributed by atoms with Crippen LogP contribution in [0.1, 0.15) is 17.0 Å². The minimum Gasteiger partial charge on any atom is -0.377 e. The van der Waals surface area contributed by atoms with E-state index in [1.54, 1.807) is 12.6 Å². The summed E-state index contributed by atoms with van der Waals surface area (Å²) in [5, 5.41) is 8.25. The quantitative estimate of drug-likeness (QED) is 0.715. The predicted octanol–water partition coefficient (Wildman–Crippen LogP) is 2.42. The summed E-state index contributed by atoms with van der Waals surface area (Å²) < 4.78 is 14.3. The first kappa shape index (κ1) is 16.7. The van der Waals surface area contributed by atoms with Crippen LogP contribution in [0.25, 0.3) is 5.69 Å². The van der Waals surface area contributed by atoms with Gasteiger partial charge in [0, 0.05) is 42.1 Å². The molecule has 0 amide bonds. The van der Waals surface area contributed by atoms with Gasteiger partial charge in [-0.25, -0.2) is 0 Å². The molecule has 4 rings (SSSR count). The average Bonchev–Trinajstić information content (AvgIpc) is 3.04. The second kappa shape index (κ2) is 6.49. The van der Waals surface area contributed by atoms with Crippen LogP contribution in [0.3, 0.4) is 0 Å². The van der Waals surface area contributed by atoms with Crippen molar-refractivity contribution in [2.75, 3.05) is 25.3 Å². The molecule has 2 heterocycles. The number of aromatic nitrogens is 3. The van der Waals surface area contributed by atoms with Gasteiger partial charge in [0.1, 0.15) is 12.9 Å². The molecule has 0 fully saturated rings. The molecule has 1 unspecified atom stereocenters. The number of fused-ring (bicyclic) bond motifs is 3. The largest absolute Gasteiger partial charge is 0.377 e. The van der Waals surface area contributed by atoms with Gasteiger partial charge in [0.05, 0.1) is 22.2 Å². The molecule has 0 spiro atoms. The first-order chi connectivity index (χ1) is 12.6. The smallest absolute Gasteiger partial charge is 0.159 e. The van der Waals surface area contributed by atoms with Crippen LogP contribution in [0.5, 0.6) is 0 Å². The molecule has 1 aliphatic heterocycles. The highest BCUT2D eigenvalue weighted by Crippen LogP contribution is 2.32. The molecule has 6 nitrogen and oxygen atoms in total. The van der Waals surface area contributed by atoms with Gasteiger partial charge >= 0.3 is 0 Å². The summed E-state index contributed by atoms with van der Waals surface area (Å²) in [5.74, 6) is 0.784. The van der Waals surface area contributed by atoms with Crippen molar-refractivity contribution in [2.24, 2.45) is 4.99 Å². The summed E-state index contributed by atoms with van der Waals surface area (Å²) in [6.45, 7) is 0.418. The van der Waals surface area contributed by atoms with E-state index in [1.165, 1.54) is 0 Å². The first-order valence-electron chi connectivity index (χ1n) is 8.25. The number of aliphatic imine (C=N–C) groups is 1. The van der Waals surface area contributed by atoms with Crippen LogP contribution < -0.4 is 4.90 Å². The molecule has 1 atom stereocenters. The molecule has 7 heteroatoms. The molecule has 0 bridgehead atoms. The average molecular weight is 365 g/mol. The zero-order valence-electron chi connectivity index (χ0n) is 14.9. The Morgan fingerprint density at radius 2 is 1.92 bits per heavy atom. The molecule has 2 aromatic carbocycles. The summed E-state index contributed by atoms with van der Waals surface area (Å²) >= 11 is 0. The first-order valence-corrected chi connectivity index (χ1v) is 9.81. The van der Waals surface area contributed by atoms with E-state index in [0.717, 1.165) is 38.9 Å². The Kier molecular flexibility index (Phi) is 4.16. The Bertz CT molecular complexity index is 1040. The van der Waals surface area contributed by atoms with Crippen molar-refractivity contribution in [2.45, 2.75) is 11.4 Å². The fourth-order valence-corrected chi connectivity index (χ4v) is 4.02. The van der Waals surface area contributed by atoms with Gasteiger partial charge in [-0.15, -0.1) is 10.2 Å². The number of hydrogen-bond donors (Lipinski definition) is 0. The molecule has 1 aliphatic rings. The van der Waals surface area contributed by atoms with Crippen molar-refractivity contribution in [3.63, 3.8) is 0 Å². The van der Waals surface area contributed by atoms with E-state index in [9.17, 15) is 4.21 Å². The molecule has 0 N–H and O–H groups in total. The van der Waals surface area contributed by atoms with Crippen LogP contribution in [0, 0.1) is 0 Å². The third-order valence-corrected chi connectivity index (χ3v) is 5.42. The van der Waals surface area contributed by atoms with Gasteiger partial charge < -0.3 is 4.90 Å². The summed E-state index contributed by atoms with van der Waals surface area (Å²) in [7, 11) is 2.91. The molecule has 3 aromatic rings. The van der Waals surface area contributed by atoms with Crippen molar-refractivity contribution >= 4 is 22.2 Å². The van der Waals surface area contributed by atoms with Crippen LogP contribution in [-0.2, 0) is 17.3 Å². The highest BCUT2D eigenvalue weighted by molar-refractivity contribution is 7.84. The SMILES string of the molecule is CN(C)c1cccc2c1C(c1ccccc1S(C)=O)=NCc1nncn1-2. The van der Waals surface area contributed by atoms with Gasteiger partial charge in [-0.3, -0.25) is 13.8 Å². The molecule has 0 saturated heterocycles. The van der Waals surface area contributed by atoms with Crippen molar-refractivity contribution in [3.05, 3.63) is 65.7 Å². The van der Waals surface area contributed by atoms with E-state index in [-0.39, 0.29) is 0 Å². The monoisotopic (exact) mass is 365 g/mol. The van der Waals surface area contributed by atoms with E-state index in [0.29, 0.717) is 6.54 Å². The van der Waals surface area contributed by atoms with Gasteiger partial charge in [0.25, 0.3) is 0 Å². The van der Waals surface area contributed by atoms with E-state index in [1.807, 2.05) is 55.1 Å². The van der Waals surface area contributed by atoms with Crippen molar-refractivity contribution in [1.82, 2.24) is 14.8 Å². The second-order valence-corrected chi connectivity index (χ2v) is 7.65. The zero-order valence-corrected chi connectivity index (χ0v) is 15.7. The zero-order chi connectivity index (χ0) is 18.3. The van der Waals surface area contributed by atoms with Crippen LogP contribution in [0.15, 0.2) is 58.7 Å². The molecule has 132 valence electrons. The lowest BCUT2D eigenvalue weighted by Gasteiger charge is -2.22. The van der Waals surface area contributed by atoms with Gasteiger partial charge in [0.2, 0.25) is 0 Å². The lowest BCUT2D eigenvalue weighted by atomic mass is 9.98. The molecule has 26 heavy (non-hydrogen) atoms. The number of benzene rings is 2. The maximum Gasteiger partial charge on any atom is 0.159 e. The van der Waals surface area contributed by atoms with E-state index < -0.39 is 10.8 Å². The van der Waals surface area contributed by atoms with E-state index >= 15 is 0 Å². The molecule has 0 aliphatic carbocycles. The Balaban J connectivity index is 2.06. The summed E-state index contributed by atoms with van der Waals surface area (Å²) in [6, 6.07) is 13.9. The Labute approximate surface area is 154 Å². The van der Waals surface area contributed by atoms with E-state index in [4.69, 9.17) is 4.99 Å². The number of rotatable bonds is 3. The molecule has 0 saturated carbocycles. The summed E-state index contributed by atoms with van der Waals surface area (Å²) in [4.78, 5) is 7.71. The highest BCUT2D eigenvalue weighted by atomic mass is 32.2. The third kappa shape index (κ3) is 2.64. The minimum atomic E-state index is -1.11. The molecular formula is C19H19N5OS. The number of anilines is 1. The summed E-state index contributed by atoms with van der Waals surface area (Å²) in [6.07, 6.45) is 3.42. The molecule has 1 aromatic heterocycles. The third-order valence-electron chi connectivity index (χ3n) is 4.45. The normalized spacial score (nSPS) is 14.0. The van der Waals surface area contributed by atoms with Crippen molar-refractivity contribution < 1.29 is 4.21 Å². The second-order valence-electron chi connectivity index (χ2n) is 6.30. The molecular weight excluding hydrogens is 346 g/mol. The van der Waals surface area contributed by atoms with Crippen molar-refractivity contribution in [3.8, 4) is 5.69 Å². The van der Waals surface area contributed by atoms with Crippen LogP contribution in [0.2, 0.25) is 0 Å². The highest BCUT2D eigenvalue weighted by Gasteiger charge is 2.25. The van der Waals surface area contributed by atoms with Crippen molar-refractivity contribution in [1.29, 1.82) is 0 Å². The van der Waals surface area contributed by atoms with Gasteiger partial charge in [0.15, 0.2) is 5.82 Å². The fraction of sp³-hybridized carbons (Fsp3) is 0.211. The Morgan fingerprint density at radius 3 is 2.69 bits per heavy atom. The maximum atomic E-state index is 12.3.